The number of carbonyl (C=O) groups excluding carboxylic acids is 1. The van der Waals surface area contributed by atoms with Crippen LogP contribution < -0.4 is 5.73 Å². The van der Waals surface area contributed by atoms with Crippen molar-refractivity contribution in [3.8, 4) is 0 Å². The third-order valence-corrected chi connectivity index (χ3v) is 4.05. The number of hydrogen-bond acceptors (Lipinski definition) is 2. The molecule has 0 unspecified atom stereocenters. The number of amides is 1. The molecule has 0 spiro atoms. The van der Waals surface area contributed by atoms with Gasteiger partial charge >= 0.3 is 0 Å². The van der Waals surface area contributed by atoms with Crippen LogP contribution in [0.1, 0.15) is 35.3 Å². The minimum Gasteiger partial charge on any atom is -0.341 e. The predicted molar refractivity (Wildman–Crippen MR) is 95.5 cm³/mol. The van der Waals surface area contributed by atoms with Gasteiger partial charge in [0.1, 0.15) is 0 Å². The zero-order valence-corrected chi connectivity index (χ0v) is 14.3. The first kappa shape index (κ1) is 17.2. The highest BCUT2D eigenvalue weighted by Gasteiger charge is 2.23. The van der Waals surface area contributed by atoms with Crippen molar-refractivity contribution in [2.45, 2.75) is 20.3 Å². The van der Waals surface area contributed by atoms with E-state index < -0.39 is 0 Å². The molecule has 2 aromatic carbocycles. The molecule has 0 bridgehead atoms. The minimum absolute atomic E-state index is 0.0538. The Hall–Kier alpha value is -2.13. The molecule has 0 heterocycles. The number of hydrogen-bond donors (Lipinski definition) is 1. The molecule has 2 N–H and O–H groups in total. The second-order valence-electron chi connectivity index (χ2n) is 6.85. The molecule has 3 nitrogen and oxygen atoms in total. The van der Waals surface area contributed by atoms with Crippen molar-refractivity contribution in [1.29, 1.82) is 0 Å². The van der Waals surface area contributed by atoms with Gasteiger partial charge in [0, 0.05) is 19.2 Å². The van der Waals surface area contributed by atoms with Crippen LogP contribution in [0.5, 0.6) is 0 Å². The molecule has 1 amide bonds. The third kappa shape index (κ3) is 4.67. The Morgan fingerprint density at radius 1 is 1.04 bits per heavy atom. The van der Waals surface area contributed by atoms with E-state index in [1.165, 1.54) is 5.56 Å². The van der Waals surface area contributed by atoms with Crippen LogP contribution in [-0.4, -0.2) is 30.9 Å². The molecule has 0 saturated heterocycles. The summed E-state index contributed by atoms with van der Waals surface area (Å²) in [5.74, 6) is 0.0538. The normalized spacial score (nSPS) is 11.3. The van der Waals surface area contributed by atoms with E-state index in [9.17, 15) is 4.79 Å². The summed E-state index contributed by atoms with van der Waals surface area (Å²) in [4.78, 5) is 14.6. The summed E-state index contributed by atoms with van der Waals surface area (Å²) in [5, 5.41) is 0. The molecular formula is C20H26N2O. The lowest BCUT2D eigenvalue weighted by molar-refractivity contribution is 0.0739. The number of nitrogens with zero attached hydrogens (tertiary/aromatic N) is 1. The van der Waals surface area contributed by atoms with Gasteiger partial charge < -0.3 is 10.6 Å². The quantitative estimate of drug-likeness (QED) is 0.889. The molecule has 3 heteroatoms. The highest BCUT2D eigenvalue weighted by Crippen LogP contribution is 2.19. The van der Waals surface area contributed by atoms with Gasteiger partial charge in [-0.25, -0.2) is 0 Å². The van der Waals surface area contributed by atoms with Crippen molar-refractivity contribution in [3.63, 3.8) is 0 Å². The molecule has 0 aliphatic heterocycles. The fourth-order valence-electron chi connectivity index (χ4n) is 2.68. The summed E-state index contributed by atoms with van der Waals surface area (Å²) >= 11 is 0. The molecule has 0 aromatic heterocycles. The monoisotopic (exact) mass is 310 g/mol. The van der Waals surface area contributed by atoms with Gasteiger partial charge in [0.25, 0.3) is 5.91 Å². The van der Waals surface area contributed by atoms with E-state index in [0.717, 1.165) is 17.5 Å². The molecular weight excluding hydrogens is 284 g/mol. The Morgan fingerprint density at radius 2 is 1.65 bits per heavy atom. The van der Waals surface area contributed by atoms with E-state index in [4.69, 9.17) is 5.73 Å². The first-order valence-electron chi connectivity index (χ1n) is 8.00. The van der Waals surface area contributed by atoms with Gasteiger partial charge in [-0.2, -0.15) is 0 Å². The fourth-order valence-corrected chi connectivity index (χ4v) is 2.68. The van der Waals surface area contributed by atoms with E-state index in [1.54, 1.807) is 4.90 Å². The lowest BCUT2D eigenvalue weighted by atomic mass is 9.92. The smallest absolute Gasteiger partial charge is 0.253 e. The summed E-state index contributed by atoms with van der Waals surface area (Å²) in [6.45, 7) is 5.34. The van der Waals surface area contributed by atoms with Crippen molar-refractivity contribution in [1.82, 2.24) is 4.90 Å². The zero-order chi connectivity index (χ0) is 16.9. The second-order valence-corrected chi connectivity index (χ2v) is 6.85. The van der Waals surface area contributed by atoms with Crippen molar-refractivity contribution < 1.29 is 4.79 Å². The Kier molecular flexibility index (Phi) is 5.56. The van der Waals surface area contributed by atoms with Crippen LogP contribution in [-0.2, 0) is 6.42 Å². The Balaban J connectivity index is 2.21. The standard InChI is InChI=1S/C20H26N2O/c1-20(2,14-21)15-22(3)19(23)18-12-8-7-11-17(18)13-16-9-5-4-6-10-16/h4-12H,13-15,21H2,1-3H3. The van der Waals surface area contributed by atoms with Gasteiger partial charge in [-0.15, -0.1) is 0 Å². The maximum Gasteiger partial charge on any atom is 0.253 e. The maximum atomic E-state index is 12.8. The van der Waals surface area contributed by atoms with Crippen molar-refractivity contribution in [2.75, 3.05) is 20.1 Å². The summed E-state index contributed by atoms with van der Waals surface area (Å²) in [6, 6.07) is 18.1. The average molecular weight is 310 g/mol. The van der Waals surface area contributed by atoms with Crippen molar-refractivity contribution in [2.24, 2.45) is 11.1 Å². The van der Waals surface area contributed by atoms with E-state index in [0.29, 0.717) is 13.1 Å². The van der Waals surface area contributed by atoms with Gasteiger partial charge in [0.2, 0.25) is 0 Å². The predicted octanol–water partition coefficient (Wildman–Crippen LogP) is 3.33. The molecule has 0 saturated carbocycles. The van der Waals surface area contributed by atoms with E-state index in [1.807, 2.05) is 49.5 Å². The fraction of sp³-hybridized carbons (Fsp3) is 0.350. The molecule has 23 heavy (non-hydrogen) atoms. The molecule has 0 aliphatic carbocycles. The summed E-state index contributed by atoms with van der Waals surface area (Å²) < 4.78 is 0. The van der Waals surface area contributed by atoms with Crippen molar-refractivity contribution >= 4 is 5.91 Å². The Labute approximate surface area is 139 Å². The van der Waals surface area contributed by atoms with E-state index in [-0.39, 0.29) is 11.3 Å². The van der Waals surface area contributed by atoms with Crippen LogP contribution in [0.2, 0.25) is 0 Å². The number of benzene rings is 2. The first-order valence-corrected chi connectivity index (χ1v) is 8.00. The van der Waals surface area contributed by atoms with E-state index in [2.05, 4.69) is 26.0 Å². The average Bonchev–Trinajstić information content (AvgIpc) is 2.55. The minimum atomic E-state index is -0.0845. The molecule has 122 valence electrons. The Morgan fingerprint density at radius 3 is 2.30 bits per heavy atom. The maximum absolute atomic E-state index is 12.8. The van der Waals surface area contributed by atoms with Gasteiger partial charge in [0.05, 0.1) is 0 Å². The van der Waals surface area contributed by atoms with Gasteiger partial charge in [-0.05, 0) is 35.6 Å². The largest absolute Gasteiger partial charge is 0.341 e. The van der Waals surface area contributed by atoms with Gasteiger partial charge in [-0.3, -0.25) is 4.79 Å². The SMILES string of the molecule is CN(CC(C)(C)CN)C(=O)c1ccccc1Cc1ccccc1. The number of carbonyl (C=O) groups is 1. The molecule has 0 radical (unpaired) electrons. The number of nitrogens with two attached hydrogens (primary N) is 1. The van der Waals surface area contributed by atoms with Crippen LogP contribution in [0.4, 0.5) is 0 Å². The molecule has 0 aliphatic rings. The highest BCUT2D eigenvalue weighted by molar-refractivity contribution is 5.95. The summed E-state index contributed by atoms with van der Waals surface area (Å²) in [5.41, 5.74) is 8.74. The molecule has 2 rings (SSSR count). The first-order chi connectivity index (χ1) is 10.9. The molecule has 2 aromatic rings. The number of rotatable bonds is 6. The third-order valence-electron chi connectivity index (χ3n) is 4.05. The molecule has 0 atom stereocenters. The molecule has 0 fully saturated rings. The van der Waals surface area contributed by atoms with Gasteiger partial charge in [0.15, 0.2) is 0 Å². The summed E-state index contributed by atoms with van der Waals surface area (Å²) in [6.07, 6.45) is 0.761. The Bertz CT molecular complexity index is 650. The van der Waals surface area contributed by atoms with Gasteiger partial charge in [-0.1, -0.05) is 62.4 Å². The van der Waals surface area contributed by atoms with Crippen LogP contribution in [0.25, 0.3) is 0 Å². The van der Waals surface area contributed by atoms with Crippen LogP contribution in [0.3, 0.4) is 0 Å². The zero-order valence-electron chi connectivity index (χ0n) is 14.3. The lowest BCUT2D eigenvalue weighted by Gasteiger charge is -2.29. The van der Waals surface area contributed by atoms with Crippen LogP contribution >= 0.6 is 0 Å². The highest BCUT2D eigenvalue weighted by atomic mass is 16.2. The topological polar surface area (TPSA) is 46.3 Å². The lowest BCUT2D eigenvalue weighted by Crippen LogP contribution is -2.40. The van der Waals surface area contributed by atoms with Crippen molar-refractivity contribution in [3.05, 3.63) is 71.3 Å². The van der Waals surface area contributed by atoms with Crippen LogP contribution in [0.15, 0.2) is 54.6 Å². The second kappa shape index (κ2) is 7.42. The van der Waals surface area contributed by atoms with E-state index >= 15 is 0 Å². The van der Waals surface area contributed by atoms with Crippen LogP contribution in [0, 0.1) is 5.41 Å². The summed E-state index contributed by atoms with van der Waals surface area (Å²) in [7, 11) is 1.85.